The van der Waals surface area contributed by atoms with Gasteiger partial charge < -0.3 is 19.5 Å². The molecule has 0 fully saturated rings. The van der Waals surface area contributed by atoms with Gasteiger partial charge in [0.1, 0.15) is 5.75 Å². The number of para-hydroxylation sites is 1. The summed E-state index contributed by atoms with van der Waals surface area (Å²) in [5.41, 5.74) is 2.75. The van der Waals surface area contributed by atoms with Crippen molar-refractivity contribution in [1.82, 2.24) is 5.01 Å². The number of carbonyl (C=O) groups excluding carboxylic acids is 1. The molecule has 7 nitrogen and oxygen atoms in total. The minimum Gasteiger partial charge on any atom is -0.497 e. The number of fused-ring (bicyclic) bond motifs is 6. The Balaban J connectivity index is 1.56. The molecule has 3 aliphatic rings. The van der Waals surface area contributed by atoms with Gasteiger partial charge in [0.15, 0.2) is 11.5 Å². The lowest BCUT2D eigenvalue weighted by Crippen LogP contribution is -2.55. The zero-order chi connectivity index (χ0) is 22.7. The molecule has 0 aliphatic carbocycles. The first-order chi connectivity index (χ1) is 16.0. The lowest BCUT2D eigenvalue weighted by atomic mass is 9.92. The van der Waals surface area contributed by atoms with E-state index in [2.05, 4.69) is 21.2 Å². The Labute approximate surface area is 199 Å². The number of hydrazone groups is 1. The zero-order valence-corrected chi connectivity index (χ0v) is 19.5. The second-order valence-corrected chi connectivity index (χ2v) is 9.02. The number of benzene rings is 3. The molecule has 33 heavy (non-hydrogen) atoms. The summed E-state index contributed by atoms with van der Waals surface area (Å²) in [7, 11) is 3.24. The molecule has 2 unspecified atom stereocenters. The number of nitrogens with one attached hydrogen (secondary N) is 1. The average Bonchev–Trinajstić information content (AvgIpc) is 3.40. The fourth-order valence-corrected chi connectivity index (χ4v) is 5.19. The van der Waals surface area contributed by atoms with E-state index in [1.807, 2.05) is 65.7 Å². The summed E-state index contributed by atoms with van der Waals surface area (Å²) >= 11 is 3.54. The highest BCUT2D eigenvalue weighted by Gasteiger charge is 2.61. The first-order valence-electron chi connectivity index (χ1n) is 10.5. The molecule has 166 valence electrons. The predicted molar refractivity (Wildman–Crippen MR) is 127 cm³/mol. The zero-order valence-electron chi connectivity index (χ0n) is 18.0. The van der Waals surface area contributed by atoms with Gasteiger partial charge in [-0.3, -0.25) is 4.79 Å². The fraction of sp³-hybridized carbons (Fsp3) is 0.200. The van der Waals surface area contributed by atoms with E-state index in [1.54, 1.807) is 14.2 Å². The Morgan fingerprint density at radius 2 is 1.94 bits per heavy atom. The molecule has 0 aromatic heterocycles. The van der Waals surface area contributed by atoms with Crippen molar-refractivity contribution in [1.29, 1.82) is 0 Å². The molecule has 2 atom stereocenters. The van der Waals surface area contributed by atoms with Crippen molar-refractivity contribution in [3.63, 3.8) is 0 Å². The first kappa shape index (κ1) is 20.1. The number of hydrogen-bond acceptors (Lipinski definition) is 6. The van der Waals surface area contributed by atoms with Gasteiger partial charge in [-0.25, -0.2) is 5.01 Å². The van der Waals surface area contributed by atoms with Crippen molar-refractivity contribution >= 4 is 33.2 Å². The van der Waals surface area contributed by atoms with Crippen LogP contribution in [0.1, 0.15) is 29.2 Å². The van der Waals surface area contributed by atoms with Gasteiger partial charge in [-0.2, -0.15) is 5.10 Å². The van der Waals surface area contributed by atoms with E-state index in [-0.39, 0.29) is 11.9 Å². The van der Waals surface area contributed by atoms with Gasteiger partial charge >= 0.3 is 5.72 Å². The van der Waals surface area contributed by atoms with Crippen molar-refractivity contribution in [3.05, 3.63) is 81.8 Å². The molecule has 0 bridgehead atoms. The van der Waals surface area contributed by atoms with Crippen molar-refractivity contribution in [2.45, 2.75) is 18.2 Å². The van der Waals surface area contributed by atoms with Crippen molar-refractivity contribution in [3.8, 4) is 17.2 Å². The Morgan fingerprint density at radius 3 is 2.70 bits per heavy atom. The molecule has 6 rings (SSSR count). The minimum absolute atomic E-state index is 0.198. The van der Waals surface area contributed by atoms with Crippen LogP contribution in [0.5, 0.6) is 17.2 Å². The summed E-state index contributed by atoms with van der Waals surface area (Å²) < 4.78 is 18.3. The van der Waals surface area contributed by atoms with Crippen LogP contribution in [0.2, 0.25) is 0 Å². The maximum absolute atomic E-state index is 13.6. The summed E-state index contributed by atoms with van der Waals surface area (Å²) in [5, 5.41) is 9.76. The second kappa shape index (κ2) is 7.25. The number of amides is 1. The van der Waals surface area contributed by atoms with Crippen molar-refractivity contribution in [2.24, 2.45) is 5.10 Å². The molecule has 0 radical (unpaired) electrons. The number of anilines is 1. The van der Waals surface area contributed by atoms with Gasteiger partial charge in [0.25, 0.3) is 5.91 Å². The summed E-state index contributed by atoms with van der Waals surface area (Å²) in [5.74, 6) is 1.65. The van der Waals surface area contributed by atoms with Gasteiger partial charge in [-0.05, 0) is 54.1 Å². The standard InChI is InChI=1S/C25H20BrN3O4/c1-31-16-9-6-14(7-10-16)20-13-21-17-4-3-5-22(32-2)23(17)33-25(29(21)28-20)18-12-15(26)8-11-19(18)27-24(25)30/h3-12,21H,13H2,1-2H3,(H,27,30). The molecule has 8 heteroatoms. The third-order valence-electron chi connectivity index (χ3n) is 6.40. The van der Waals surface area contributed by atoms with Gasteiger partial charge in [0.05, 0.1) is 37.2 Å². The number of ether oxygens (including phenoxy) is 3. The molecular formula is C25H20BrN3O4. The van der Waals surface area contributed by atoms with E-state index in [0.29, 0.717) is 29.2 Å². The number of methoxy groups -OCH3 is 2. The van der Waals surface area contributed by atoms with Crippen LogP contribution in [0.4, 0.5) is 5.69 Å². The maximum Gasteiger partial charge on any atom is 0.306 e. The lowest BCUT2D eigenvalue weighted by molar-refractivity contribution is -0.161. The predicted octanol–water partition coefficient (Wildman–Crippen LogP) is 4.81. The molecule has 1 spiro atoms. The van der Waals surface area contributed by atoms with Crippen LogP contribution in [-0.4, -0.2) is 30.8 Å². The van der Waals surface area contributed by atoms with E-state index in [9.17, 15) is 4.79 Å². The third-order valence-corrected chi connectivity index (χ3v) is 6.89. The summed E-state index contributed by atoms with van der Waals surface area (Å²) in [4.78, 5) is 13.6. The van der Waals surface area contributed by atoms with Crippen LogP contribution in [0.15, 0.2) is 70.2 Å². The fourth-order valence-electron chi connectivity index (χ4n) is 4.82. The summed E-state index contributed by atoms with van der Waals surface area (Å²) in [6.45, 7) is 0. The highest BCUT2D eigenvalue weighted by molar-refractivity contribution is 9.10. The quantitative estimate of drug-likeness (QED) is 0.552. The molecule has 1 N–H and O–H groups in total. The maximum atomic E-state index is 13.6. The van der Waals surface area contributed by atoms with E-state index in [4.69, 9.17) is 19.3 Å². The molecule has 3 aliphatic heterocycles. The van der Waals surface area contributed by atoms with E-state index in [1.165, 1.54) is 0 Å². The van der Waals surface area contributed by atoms with Gasteiger partial charge in [0, 0.05) is 16.5 Å². The second-order valence-electron chi connectivity index (χ2n) is 8.11. The van der Waals surface area contributed by atoms with Gasteiger partial charge in [-0.15, -0.1) is 0 Å². The van der Waals surface area contributed by atoms with Crippen LogP contribution >= 0.6 is 15.9 Å². The lowest BCUT2D eigenvalue weighted by Gasteiger charge is -2.44. The highest BCUT2D eigenvalue weighted by Crippen LogP contribution is 2.56. The highest BCUT2D eigenvalue weighted by atomic mass is 79.9. The summed E-state index contributed by atoms with van der Waals surface area (Å²) in [6, 6.07) is 19.0. The number of hydrogen-bond donors (Lipinski definition) is 1. The number of halogens is 1. The van der Waals surface area contributed by atoms with Crippen molar-refractivity contribution in [2.75, 3.05) is 19.5 Å². The Kier molecular flexibility index (Phi) is 4.42. The normalized spacial score (nSPS) is 22.2. The first-order valence-corrected chi connectivity index (χ1v) is 11.3. The van der Waals surface area contributed by atoms with Crippen LogP contribution in [0, 0.1) is 0 Å². The molecule has 0 saturated heterocycles. The van der Waals surface area contributed by atoms with Crippen LogP contribution in [0.3, 0.4) is 0 Å². The Bertz CT molecular complexity index is 1320. The van der Waals surface area contributed by atoms with Crippen LogP contribution in [-0.2, 0) is 10.5 Å². The van der Waals surface area contributed by atoms with Crippen LogP contribution in [0.25, 0.3) is 0 Å². The molecule has 3 heterocycles. The SMILES string of the molecule is COc1ccc(C2=NN3C(C2)c2cccc(OC)c2OC32C(=O)Nc3ccc(Br)cc32)cc1. The topological polar surface area (TPSA) is 72.4 Å². The molecular weight excluding hydrogens is 486 g/mol. The van der Waals surface area contributed by atoms with Gasteiger partial charge in [0.2, 0.25) is 0 Å². The number of rotatable bonds is 3. The molecule has 1 amide bonds. The van der Waals surface area contributed by atoms with E-state index in [0.717, 1.165) is 27.1 Å². The monoisotopic (exact) mass is 505 g/mol. The van der Waals surface area contributed by atoms with Crippen molar-refractivity contribution < 1.29 is 19.0 Å². The van der Waals surface area contributed by atoms with E-state index < -0.39 is 5.72 Å². The largest absolute Gasteiger partial charge is 0.497 e. The average molecular weight is 506 g/mol. The van der Waals surface area contributed by atoms with E-state index >= 15 is 0 Å². The smallest absolute Gasteiger partial charge is 0.306 e. The molecule has 3 aromatic carbocycles. The third kappa shape index (κ3) is 2.80. The van der Waals surface area contributed by atoms with Gasteiger partial charge in [-0.1, -0.05) is 28.1 Å². The summed E-state index contributed by atoms with van der Waals surface area (Å²) in [6.07, 6.45) is 0.619. The Morgan fingerprint density at radius 1 is 1.12 bits per heavy atom. The number of carbonyl (C=O) groups is 1. The van der Waals surface area contributed by atoms with Crippen LogP contribution < -0.4 is 19.5 Å². The minimum atomic E-state index is -1.44. The molecule has 0 saturated carbocycles. The molecule has 3 aromatic rings. The number of nitrogens with zero attached hydrogens (tertiary/aromatic N) is 2. The Hall–Kier alpha value is -3.52.